The van der Waals surface area contributed by atoms with Crippen LogP contribution >= 0.6 is 11.8 Å². The fraction of sp³-hybridized carbons (Fsp3) is 0.273. The molecule has 0 unspecified atom stereocenters. The molecule has 3 aromatic rings. The van der Waals surface area contributed by atoms with E-state index in [1.54, 1.807) is 19.2 Å². The van der Waals surface area contributed by atoms with Gasteiger partial charge in [-0.1, -0.05) is 54.2 Å². The molecule has 1 aromatic heterocycles. The number of amides is 1. The number of aromatic nitrogens is 3. The van der Waals surface area contributed by atoms with Gasteiger partial charge in [-0.15, -0.1) is 10.2 Å². The van der Waals surface area contributed by atoms with Gasteiger partial charge in [0.05, 0.1) is 25.8 Å². The first kappa shape index (κ1) is 21.6. The maximum atomic E-state index is 12.3. The Labute approximate surface area is 179 Å². The average Bonchev–Trinajstić information content (AvgIpc) is 3.19. The third kappa shape index (κ3) is 5.70. The number of rotatable bonds is 10. The van der Waals surface area contributed by atoms with Gasteiger partial charge in [0.15, 0.2) is 16.8 Å². The van der Waals surface area contributed by atoms with E-state index in [1.807, 2.05) is 54.0 Å². The molecule has 3 rings (SSSR count). The van der Waals surface area contributed by atoms with E-state index in [2.05, 4.69) is 15.5 Å². The summed E-state index contributed by atoms with van der Waals surface area (Å²) in [5, 5.41) is 11.9. The topological polar surface area (TPSA) is 86.1 Å². The molecular weight excluding hydrogens is 400 g/mol. The molecule has 7 nitrogen and oxygen atoms in total. The molecule has 1 amide bonds. The summed E-state index contributed by atoms with van der Waals surface area (Å²) in [6.07, 6.45) is 0.275. The molecule has 0 spiro atoms. The molecule has 30 heavy (non-hydrogen) atoms. The van der Waals surface area contributed by atoms with Crippen LogP contribution in [0.3, 0.4) is 0 Å². The van der Waals surface area contributed by atoms with Gasteiger partial charge >= 0.3 is 0 Å². The maximum Gasteiger partial charge on any atom is 0.224 e. The molecule has 156 valence electrons. The van der Waals surface area contributed by atoms with Crippen LogP contribution in [0.4, 0.5) is 0 Å². The zero-order valence-electron chi connectivity index (χ0n) is 17.0. The lowest BCUT2D eigenvalue weighted by Gasteiger charge is -2.09. The Morgan fingerprint density at radius 2 is 1.80 bits per heavy atom. The van der Waals surface area contributed by atoms with Crippen LogP contribution in [0.15, 0.2) is 59.8 Å². The molecule has 0 aliphatic heterocycles. The zero-order valence-corrected chi connectivity index (χ0v) is 17.8. The van der Waals surface area contributed by atoms with Crippen molar-refractivity contribution < 1.29 is 14.3 Å². The second-order valence-electron chi connectivity index (χ2n) is 6.52. The number of carbonyl (C=O) groups is 2. The number of methoxy groups -OCH3 is 1. The summed E-state index contributed by atoms with van der Waals surface area (Å²) in [4.78, 5) is 24.6. The van der Waals surface area contributed by atoms with Crippen LogP contribution in [0.5, 0.6) is 5.75 Å². The summed E-state index contributed by atoms with van der Waals surface area (Å²) in [6.45, 7) is 2.91. The van der Waals surface area contributed by atoms with Crippen molar-refractivity contribution in [1.29, 1.82) is 0 Å². The van der Waals surface area contributed by atoms with Crippen molar-refractivity contribution in [3.63, 3.8) is 0 Å². The van der Waals surface area contributed by atoms with Gasteiger partial charge in [-0.05, 0) is 24.6 Å². The number of nitrogens with one attached hydrogen (secondary N) is 1. The summed E-state index contributed by atoms with van der Waals surface area (Å²) >= 11 is 1.35. The number of nitrogens with zero attached hydrogens (tertiary/aromatic N) is 3. The Balaban J connectivity index is 1.54. The molecule has 0 saturated carbocycles. The molecule has 0 saturated heterocycles. The number of ether oxygens (including phenoxy) is 1. The first-order chi connectivity index (χ1) is 14.6. The van der Waals surface area contributed by atoms with Gasteiger partial charge in [0.2, 0.25) is 5.91 Å². The fourth-order valence-corrected chi connectivity index (χ4v) is 3.80. The number of thioether (sulfide) groups is 1. The van der Waals surface area contributed by atoms with Gasteiger partial charge in [-0.3, -0.25) is 9.59 Å². The third-order valence-corrected chi connectivity index (χ3v) is 5.47. The van der Waals surface area contributed by atoms with Crippen LogP contribution in [0.1, 0.15) is 28.7 Å². The third-order valence-electron chi connectivity index (χ3n) is 4.51. The molecule has 0 bridgehead atoms. The van der Waals surface area contributed by atoms with Gasteiger partial charge in [0.1, 0.15) is 5.75 Å². The predicted octanol–water partition coefficient (Wildman–Crippen LogP) is 3.14. The number of Topliss-reactive ketones (excluding diaryl/α,β-unsaturated/α-hetero) is 1. The summed E-state index contributed by atoms with van der Waals surface area (Å²) in [6, 6.07) is 16.6. The lowest BCUT2D eigenvalue weighted by atomic mass is 10.1. The molecule has 0 aliphatic rings. The second-order valence-corrected chi connectivity index (χ2v) is 7.47. The first-order valence-electron chi connectivity index (χ1n) is 9.63. The number of hydrogen-bond acceptors (Lipinski definition) is 6. The highest BCUT2D eigenvalue weighted by atomic mass is 32.2. The number of carbonyl (C=O) groups excluding carboxylic acids is 2. The largest absolute Gasteiger partial charge is 0.497 e. The van der Waals surface area contributed by atoms with Gasteiger partial charge in [-0.2, -0.15) is 0 Å². The van der Waals surface area contributed by atoms with Gasteiger partial charge in [0.25, 0.3) is 0 Å². The smallest absolute Gasteiger partial charge is 0.224 e. The Morgan fingerprint density at radius 1 is 1.07 bits per heavy atom. The minimum absolute atomic E-state index is 0.0422. The van der Waals surface area contributed by atoms with Crippen molar-refractivity contribution in [3.8, 4) is 5.75 Å². The van der Waals surface area contributed by atoms with Crippen LogP contribution in [0.25, 0.3) is 0 Å². The van der Waals surface area contributed by atoms with Crippen LogP contribution in [0, 0.1) is 0 Å². The highest BCUT2D eigenvalue weighted by Crippen LogP contribution is 2.19. The number of ketones is 1. The van der Waals surface area contributed by atoms with E-state index < -0.39 is 0 Å². The standard InChI is InChI=1S/C22H24N4O3S/c1-3-26-20(14-23-21(28)13-16-9-11-18(29-2)12-10-16)24-25-22(26)30-15-19(27)17-7-5-4-6-8-17/h4-12H,3,13-15H2,1-2H3,(H,23,28). The second kappa shape index (κ2) is 10.6. The molecule has 1 N–H and O–H groups in total. The lowest BCUT2D eigenvalue weighted by Crippen LogP contribution is -2.26. The minimum Gasteiger partial charge on any atom is -0.497 e. The molecule has 0 atom stereocenters. The molecule has 0 fully saturated rings. The summed E-state index contributed by atoms with van der Waals surface area (Å²) < 4.78 is 7.04. The number of hydrogen-bond donors (Lipinski definition) is 1. The summed E-state index contributed by atoms with van der Waals surface area (Å²) in [5.74, 6) is 1.65. The molecule has 1 heterocycles. The van der Waals surface area contributed by atoms with Gasteiger partial charge in [-0.25, -0.2) is 0 Å². The van der Waals surface area contributed by atoms with Crippen molar-refractivity contribution >= 4 is 23.5 Å². The fourth-order valence-electron chi connectivity index (χ4n) is 2.88. The summed E-state index contributed by atoms with van der Waals surface area (Å²) in [7, 11) is 1.61. The van der Waals surface area contributed by atoms with Crippen LogP contribution in [0.2, 0.25) is 0 Å². The normalized spacial score (nSPS) is 10.6. The van der Waals surface area contributed by atoms with E-state index in [9.17, 15) is 9.59 Å². The van der Waals surface area contributed by atoms with Crippen molar-refractivity contribution in [1.82, 2.24) is 20.1 Å². The van der Waals surface area contributed by atoms with Crippen molar-refractivity contribution in [2.75, 3.05) is 12.9 Å². The average molecular weight is 425 g/mol. The van der Waals surface area contributed by atoms with Crippen molar-refractivity contribution in [2.45, 2.75) is 31.6 Å². The van der Waals surface area contributed by atoms with E-state index in [0.29, 0.717) is 23.1 Å². The Kier molecular flexibility index (Phi) is 7.62. The molecule has 8 heteroatoms. The first-order valence-corrected chi connectivity index (χ1v) is 10.6. The van der Waals surface area contributed by atoms with Crippen molar-refractivity contribution in [2.24, 2.45) is 0 Å². The van der Waals surface area contributed by atoms with E-state index >= 15 is 0 Å². The van der Waals surface area contributed by atoms with E-state index in [0.717, 1.165) is 11.3 Å². The lowest BCUT2D eigenvalue weighted by molar-refractivity contribution is -0.120. The predicted molar refractivity (Wildman–Crippen MR) is 116 cm³/mol. The molecule has 2 aromatic carbocycles. The summed E-state index contributed by atoms with van der Waals surface area (Å²) in [5.41, 5.74) is 1.58. The Hall–Kier alpha value is -3.13. The quantitative estimate of drug-likeness (QED) is 0.397. The van der Waals surface area contributed by atoms with Crippen molar-refractivity contribution in [3.05, 3.63) is 71.5 Å². The number of benzene rings is 2. The Bertz CT molecular complexity index is 987. The van der Waals surface area contributed by atoms with E-state index in [4.69, 9.17) is 4.74 Å². The SMILES string of the molecule is CCn1c(CNC(=O)Cc2ccc(OC)cc2)nnc1SCC(=O)c1ccccc1. The molecule has 0 radical (unpaired) electrons. The van der Waals surface area contributed by atoms with E-state index in [1.165, 1.54) is 11.8 Å². The van der Waals surface area contributed by atoms with E-state index in [-0.39, 0.29) is 30.4 Å². The van der Waals surface area contributed by atoms with Gasteiger partial charge < -0.3 is 14.6 Å². The Morgan fingerprint density at radius 3 is 2.47 bits per heavy atom. The molecule has 0 aliphatic carbocycles. The van der Waals surface area contributed by atoms with Crippen LogP contribution in [-0.2, 0) is 24.3 Å². The minimum atomic E-state index is -0.0979. The highest BCUT2D eigenvalue weighted by Gasteiger charge is 2.15. The van der Waals surface area contributed by atoms with Gasteiger partial charge in [0, 0.05) is 12.1 Å². The van der Waals surface area contributed by atoms with Crippen LogP contribution < -0.4 is 10.1 Å². The maximum absolute atomic E-state index is 12.3. The highest BCUT2D eigenvalue weighted by molar-refractivity contribution is 7.99. The zero-order chi connectivity index (χ0) is 21.3. The molecular formula is C22H24N4O3S. The van der Waals surface area contributed by atoms with Crippen LogP contribution in [-0.4, -0.2) is 39.3 Å². The monoisotopic (exact) mass is 424 g/mol.